The number of amides is 3. The summed E-state index contributed by atoms with van der Waals surface area (Å²) < 4.78 is 8.08. The van der Waals surface area contributed by atoms with Crippen LogP contribution in [0.25, 0.3) is 11.0 Å². The van der Waals surface area contributed by atoms with Crippen LogP contribution in [0.1, 0.15) is 48.3 Å². The minimum absolute atomic E-state index is 0.110. The Morgan fingerprint density at radius 3 is 2.70 bits per heavy atom. The zero-order valence-corrected chi connectivity index (χ0v) is 23.3. The first-order chi connectivity index (χ1) is 19.3. The normalized spacial score (nSPS) is 13.1. The van der Waals surface area contributed by atoms with Gasteiger partial charge >= 0.3 is 6.03 Å². The van der Waals surface area contributed by atoms with E-state index < -0.39 is 0 Å². The molecule has 10 heteroatoms. The summed E-state index contributed by atoms with van der Waals surface area (Å²) in [6.45, 7) is 8.65. The van der Waals surface area contributed by atoms with Gasteiger partial charge in [0.15, 0.2) is 0 Å². The highest BCUT2D eigenvalue weighted by Gasteiger charge is 2.19. The molecule has 10 nitrogen and oxygen atoms in total. The Hall–Kier alpha value is -4.60. The highest BCUT2D eigenvalue weighted by molar-refractivity contribution is 5.92. The molecule has 0 spiro atoms. The van der Waals surface area contributed by atoms with E-state index in [0.717, 1.165) is 29.1 Å². The number of urea groups is 1. The standard InChI is InChI=1S/C30H35N7O3/c1-5-20-6-7-21(16-24(20)19(2)3)34-29-35-25-17-22(8-9-27(25)36(29)4)40-23-10-11-31-26(18-23)28(38)32-12-14-37-15-13-33-30(37)39/h6-11,16-19H,5,12-15H2,1-4H3,(H,32,38)(H,33,39)(H,34,35). The van der Waals surface area contributed by atoms with Gasteiger partial charge in [0.05, 0.1) is 11.0 Å². The highest BCUT2D eigenvalue weighted by atomic mass is 16.5. The van der Waals surface area contributed by atoms with Crippen molar-refractivity contribution in [2.45, 2.75) is 33.1 Å². The number of hydrogen-bond donors (Lipinski definition) is 3. The number of aromatic nitrogens is 3. The summed E-state index contributed by atoms with van der Waals surface area (Å²) in [7, 11) is 1.98. The Morgan fingerprint density at radius 2 is 1.95 bits per heavy atom. The van der Waals surface area contributed by atoms with Crippen LogP contribution >= 0.6 is 0 Å². The number of carbonyl (C=O) groups is 2. The molecule has 1 aliphatic heterocycles. The van der Waals surface area contributed by atoms with Gasteiger partial charge in [-0.2, -0.15) is 0 Å². The van der Waals surface area contributed by atoms with Crippen LogP contribution in [0.4, 0.5) is 16.4 Å². The largest absolute Gasteiger partial charge is 0.457 e. The van der Waals surface area contributed by atoms with E-state index in [-0.39, 0.29) is 17.6 Å². The number of ether oxygens (including phenoxy) is 1. The van der Waals surface area contributed by atoms with Crippen LogP contribution in [-0.4, -0.2) is 57.6 Å². The second kappa shape index (κ2) is 11.6. The predicted molar refractivity (Wildman–Crippen MR) is 156 cm³/mol. The molecule has 3 N–H and O–H groups in total. The highest BCUT2D eigenvalue weighted by Crippen LogP contribution is 2.30. The summed E-state index contributed by atoms with van der Waals surface area (Å²) in [6, 6.07) is 15.4. The molecule has 208 valence electrons. The molecule has 4 aromatic rings. The van der Waals surface area contributed by atoms with Crippen LogP contribution in [0.2, 0.25) is 0 Å². The predicted octanol–water partition coefficient (Wildman–Crippen LogP) is 4.95. The number of rotatable bonds is 10. The summed E-state index contributed by atoms with van der Waals surface area (Å²) >= 11 is 0. The van der Waals surface area contributed by atoms with Crippen molar-refractivity contribution in [1.29, 1.82) is 0 Å². The number of fused-ring (bicyclic) bond motifs is 1. The molecule has 1 aliphatic rings. The molecular formula is C30H35N7O3. The molecule has 5 rings (SSSR count). The number of nitrogens with one attached hydrogen (secondary N) is 3. The summed E-state index contributed by atoms with van der Waals surface area (Å²) in [5, 5.41) is 9.02. The maximum atomic E-state index is 12.6. The van der Waals surface area contributed by atoms with Gasteiger partial charge in [-0.1, -0.05) is 26.8 Å². The second-order valence-corrected chi connectivity index (χ2v) is 10.1. The van der Waals surface area contributed by atoms with Gasteiger partial charge in [-0.3, -0.25) is 9.78 Å². The van der Waals surface area contributed by atoms with Crippen LogP contribution in [0.5, 0.6) is 11.5 Å². The fraction of sp³-hybridized carbons (Fsp3) is 0.333. The van der Waals surface area contributed by atoms with Crippen molar-refractivity contribution in [1.82, 2.24) is 30.1 Å². The molecule has 2 aromatic carbocycles. The van der Waals surface area contributed by atoms with Gasteiger partial charge < -0.3 is 30.2 Å². The van der Waals surface area contributed by atoms with E-state index in [1.807, 2.05) is 29.8 Å². The van der Waals surface area contributed by atoms with Gasteiger partial charge in [0.1, 0.15) is 17.2 Å². The SMILES string of the molecule is CCc1ccc(Nc2nc3cc(Oc4ccnc(C(=O)NCCN5CCNC5=O)c4)ccc3n2C)cc1C(C)C. The lowest BCUT2D eigenvalue weighted by atomic mass is 9.95. The minimum atomic E-state index is -0.325. The third kappa shape index (κ3) is 5.85. The van der Waals surface area contributed by atoms with Crippen LogP contribution in [0.3, 0.4) is 0 Å². The number of hydrogen-bond acceptors (Lipinski definition) is 6. The van der Waals surface area contributed by atoms with Crippen molar-refractivity contribution in [3.63, 3.8) is 0 Å². The number of pyridine rings is 1. The zero-order valence-electron chi connectivity index (χ0n) is 23.3. The van der Waals surface area contributed by atoms with Gasteiger partial charge in [-0.15, -0.1) is 0 Å². The smallest absolute Gasteiger partial charge is 0.317 e. The summed E-state index contributed by atoms with van der Waals surface area (Å²) in [5.41, 5.74) is 5.69. The molecule has 0 bridgehead atoms. The lowest BCUT2D eigenvalue weighted by Crippen LogP contribution is -2.37. The molecule has 0 unspecified atom stereocenters. The van der Waals surface area contributed by atoms with Crippen LogP contribution in [-0.2, 0) is 13.5 Å². The summed E-state index contributed by atoms with van der Waals surface area (Å²) in [4.78, 5) is 34.9. The maximum absolute atomic E-state index is 12.6. The van der Waals surface area contributed by atoms with Gasteiger partial charge in [0.2, 0.25) is 5.95 Å². The molecule has 40 heavy (non-hydrogen) atoms. The first-order valence-corrected chi connectivity index (χ1v) is 13.6. The van der Waals surface area contributed by atoms with Crippen molar-refractivity contribution < 1.29 is 14.3 Å². The first-order valence-electron chi connectivity index (χ1n) is 13.6. The van der Waals surface area contributed by atoms with Gasteiger partial charge in [-0.05, 0) is 53.8 Å². The fourth-order valence-corrected chi connectivity index (χ4v) is 4.87. The summed E-state index contributed by atoms with van der Waals surface area (Å²) in [5.74, 6) is 1.94. The van der Waals surface area contributed by atoms with Crippen LogP contribution in [0.15, 0.2) is 54.7 Å². The average Bonchev–Trinajstić information content (AvgIpc) is 3.50. The second-order valence-electron chi connectivity index (χ2n) is 10.1. The molecular weight excluding hydrogens is 506 g/mol. The molecule has 0 saturated carbocycles. The van der Waals surface area contributed by atoms with Crippen molar-refractivity contribution in [2.75, 3.05) is 31.5 Å². The Bertz CT molecular complexity index is 1550. The third-order valence-electron chi connectivity index (χ3n) is 7.07. The Kier molecular flexibility index (Phi) is 7.86. The number of carbonyl (C=O) groups excluding carboxylic acids is 2. The van der Waals surface area contributed by atoms with E-state index in [0.29, 0.717) is 43.6 Å². The maximum Gasteiger partial charge on any atom is 0.317 e. The molecule has 0 aliphatic carbocycles. The van der Waals surface area contributed by atoms with E-state index in [4.69, 9.17) is 9.72 Å². The summed E-state index contributed by atoms with van der Waals surface area (Å²) in [6.07, 6.45) is 2.54. The fourth-order valence-electron chi connectivity index (χ4n) is 4.87. The Balaban J connectivity index is 1.27. The Morgan fingerprint density at radius 1 is 1.12 bits per heavy atom. The number of aryl methyl sites for hydroxylation is 2. The molecule has 3 amide bonds. The third-order valence-corrected chi connectivity index (χ3v) is 7.07. The van der Waals surface area contributed by atoms with Gasteiger partial charge in [0.25, 0.3) is 5.91 Å². The number of nitrogens with zero attached hydrogens (tertiary/aromatic N) is 4. The van der Waals surface area contributed by atoms with Crippen molar-refractivity contribution in [2.24, 2.45) is 7.05 Å². The van der Waals surface area contributed by atoms with Crippen LogP contribution < -0.4 is 20.7 Å². The van der Waals surface area contributed by atoms with E-state index in [2.05, 4.69) is 59.9 Å². The van der Waals surface area contributed by atoms with Gasteiger partial charge in [-0.25, -0.2) is 9.78 Å². The van der Waals surface area contributed by atoms with Crippen molar-refractivity contribution in [3.8, 4) is 11.5 Å². The lowest BCUT2D eigenvalue weighted by Gasteiger charge is -2.14. The quantitative estimate of drug-likeness (QED) is 0.262. The van der Waals surface area contributed by atoms with Crippen LogP contribution in [0, 0.1) is 0 Å². The topological polar surface area (TPSA) is 113 Å². The van der Waals surface area contributed by atoms with E-state index >= 15 is 0 Å². The zero-order chi connectivity index (χ0) is 28.2. The average molecular weight is 542 g/mol. The molecule has 0 atom stereocenters. The van der Waals surface area contributed by atoms with Crippen molar-refractivity contribution >= 4 is 34.6 Å². The molecule has 0 radical (unpaired) electrons. The van der Waals surface area contributed by atoms with E-state index in [1.54, 1.807) is 17.0 Å². The monoisotopic (exact) mass is 541 g/mol. The molecule has 1 saturated heterocycles. The molecule has 1 fully saturated rings. The van der Waals surface area contributed by atoms with E-state index in [1.165, 1.54) is 17.3 Å². The lowest BCUT2D eigenvalue weighted by molar-refractivity contribution is 0.0945. The minimum Gasteiger partial charge on any atom is -0.457 e. The molecule has 2 aromatic heterocycles. The molecule has 3 heterocycles. The number of benzene rings is 2. The number of imidazole rings is 1. The Labute approximate surface area is 233 Å². The number of anilines is 2. The van der Waals surface area contributed by atoms with Gasteiger partial charge in [0, 0.05) is 57.2 Å². The van der Waals surface area contributed by atoms with Crippen molar-refractivity contribution in [3.05, 3.63) is 71.5 Å². The first kappa shape index (κ1) is 27.0. The van der Waals surface area contributed by atoms with E-state index in [9.17, 15) is 9.59 Å².